The van der Waals surface area contributed by atoms with Gasteiger partial charge in [0.05, 0.1) is 39.3 Å². The first-order valence-electron chi connectivity index (χ1n) is 14.9. The van der Waals surface area contributed by atoms with Crippen LogP contribution in [0.4, 0.5) is 0 Å². The van der Waals surface area contributed by atoms with Crippen LogP contribution < -0.4 is 30.4 Å². The number of hydrogen-bond acceptors (Lipinski definition) is 10. The van der Waals surface area contributed by atoms with E-state index in [1.54, 1.807) is 28.1 Å². The van der Waals surface area contributed by atoms with Gasteiger partial charge in [-0.25, -0.2) is 9.59 Å². The summed E-state index contributed by atoms with van der Waals surface area (Å²) < 4.78 is 34.3. The predicted molar refractivity (Wildman–Crippen MR) is 171 cm³/mol. The van der Waals surface area contributed by atoms with Crippen molar-refractivity contribution in [3.63, 3.8) is 0 Å². The molecule has 2 aliphatic heterocycles. The third-order valence-corrected chi connectivity index (χ3v) is 8.20. The number of carbonyl (C=O) groups is 2. The molecule has 2 aliphatic rings. The second-order valence-electron chi connectivity index (χ2n) is 10.6. The molecule has 2 unspecified atom stereocenters. The number of nitrogens with two attached hydrogens (primary N) is 2. The van der Waals surface area contributed by atoms with Crippen molar-refractivity contribution in [1.82, 2.24) is 0 Å². The lowest BCUT2D eigenvalue weighted by atomic mass is 9.75. The van der Waals surface area contributed by atoms with Crippen LogP contribution in [0.5, 0.6) is 23.0 Å². The molecule has 6 rings (SSSR count). The van der Waals surface area contributed by atoms with Gasteiger partial charge in [-0.15, -0.1) is 0 Å². The topological polar surface area (TPSA) is 142 Å². The van der Waals surface area contributed by atoms with Crippen LogP contribution in [0.15, 0.2) is 95.7 Å². The Labute approximate surface area is 266 Å². The minimum atomic E-state index is -0.705. The molecule has 4 N–H and O–H groups in total. The van der Waals surface area contributed by atoms with Gasteiger partial charge in [0.25, 0.3) is 0 Å². The van der Waals surface area contributed by atoms with Crippen molar-refractivity contribution in [2.45, 2.75) is 25.7 Å². The average molecular weight is 623 g/mol. The van der Waals surface area contributed by atoms with Crippen LogP contribution in [-0.2, 0) is 19.1 Å². The molecule has 0 saturated carbocycles. The maximum Gasteiger partial charge on any atom is 0.340 e. The summed E-state index contributed by atoms with van der Waals surface area (Å²) in [6.07, 6.45) is 0. The van der Waals surface area contributed by atoms with Crippen LogP contribution in [0.2, 0.25) is 0 Å². The molecule has 0 aliphatic carbocycles. The standard InChI is InChI=1S/C36H34N2O8/c1-5-43-35(39)29-25(19-11-15-21(41-3)16-12-19)27-23-9-7-8-10-24(23)28-26(20-13-17-22(42-4)18-14-20)30(36(40)44-6-2)34(38)46-32(28)31(27)45-33(29)37/h7-18,25-26H,5-6,37-38H2,1-4H3. The summed E-state index contributed by atoms with van der Waals surface area (Å²) in [7, 11) is 3.17. The number of esters is 2. The highest BCUT2D eigenvalue weighted by Crippen LogP contribution is 2.57. The third-order valence-electron chi connectivity index (χ3n) is 8.20. The molecule has 0 radical (unpaired) electrons. The molecule has 0 fully saturated rings. The summed E-state index contributed by atoms with van der Waals surface area (Å²) in [6.45, 7) is 3.74. The third kappa shape index (κ3) is 5.01. The quantitative estimate of drug-likeness (QED) is 0.246. The van der Waals surface area contributed by atoms with Crippen LogP contribution in [0.1, 0.15) is 47.9 Å². The second-order valence-corrected chi connectivity index (χ2v) is 10.6. The van der Waals surface area contributed by atoms with Crippen LogP contribution in [0, 0.1) is 0 Å². The molecule has 0 spiro atoms. The van der Waals surface area contributed by atoms with E-state index in [0.717, 1.165) is 21.9 Å². The lowest BCUT2D eigenvalue weighted by molar-refractivity contribution is -0.140. The maximum absolute atomic E-state index is 13.5. The van der Waals surface area contributed by atoms with E-state index in [2.05, 4.69) is 0 Å². The van der Waals surface area contributed by atoms with Gasteiger partial charge < -0.3 is 39.9 Å². The zero-order valence-corrected chi connectivity index (χ0v) is 25.9. The van der Waals surface area contributed by atoms with Crippen molar-refractivity contribution in [1.29, 1.82) is 0 Å². The second kappa shape index (κ2) is 12.4. The summed E-state index contributed by atoms with van der Waals surface area (Å²) in [6, 6.07) is 22.4. The Hall–Kier alpha value is -5.64. The number of rotatable bonds is 8. The molecule has 2 heterocycles. The molecule has 2 atom stereocenters. The van der Waals surface area contributed by atoms with E-state index < -0.39 is 23.8 Å². The summed E-state index contributed by atoms with van der Waals surface area (Å²) in [4.78, 5) is 27.0. The van der Waals surface area contributed by atoms with Crippen LogP contribution in [0.3, 0.4) is 0 Å². The van der Waals surface area contributed by atoms with E-state index in [1.165, 1.54) is 0 Å². The first-order chi connectivity index (χ1) is 22.3. The zero-order chi connectivity index (χ0) is 32.5. The minimum absolute atomic E-state index is 0.132. The molecule has 236 valence electrons. The fourth-order valence-corrected chi connectivity index (χ4v) is 6.23. The Bertz CT molecular complexity index is 1760. The van der Waals surface area contributed by atoms with E-state index >= 15 is 0 Å². The lowest BCUT2D eigenvalue weighted by Crippen LogP contribution is -2.31. The highest BCUT2D eigenvalue weighted by Gasteiger charge is 2.44. The number of benzene rings is 4. The van der Waals surface area contributed by atoms with Gasteiger partial charge in [-0.3, -0.25) is 0 Å². The SMILES string of the molecule is CCOC(=O)C1=C(N)Oc2c3c(c4ccccc4c2C1c1ccc(OC)cc1)C(c1ccc(OC)cc1)C(C(=O)OCC)=C(N)O3. The van der Waals surface area contributed by atoms with Gasteiger partial charge in [-0.05, 0) is 60.0 Å². The maximum atomic E-state index is 13.5. The molecular weight excluding hydrogens is 588 g/mol. The summed E-state index contributed by atoms with van der Waals surface area (Å²) in [5.41, 5.74) is 16.2. The Balaban J connectivity index is 1.69. The van der Waals surface area contributed by atoms with Crippen molar-refractivity contribution in [3.05, 3.63) is 118 Å². The highest BCUT2D eigenvalue weighted by molar-refractivity contribution is 6.02. The van der Waals surface area contributed by atoms with Gasteiger partial charge in [-0.2, -0.15) is 0 Å². The summed E-state index contributed by atoms with van der Waals surface area (Å²) in [5.74, 6) is -1.02. The zero-order valence-electron chi connectivity index (χ0n) is 25.9. The fraction of sp³-hybridized carbons (Fsp3) is 0.222. The van der Waals surface area contributed by atoms with E-state index in [0.29, 0.717) is 22.6 Å². The summed E-state index contributed by atoms with van der Waals surface area (Å²) in [5, 5.41) is 1.52. The molecule has 0 bridgehead atoms. The molecule has 0 amide bonds. The van der Waals surface area contributed by atoms with Gasteiger partial charge in [0, 0.05) is 11.1 Å². The van der Waals surface area contributed by atoms with Gasteiger partial charge >= 0.3 is 11.9 Å². The highest BCUT2D eigenvalue weighted by atomic mass is 16.6. The van der Waals surface area contributed by atoms with Crippen LogP contribution in [-0.4, -0.2) is 39.4 Å². The lowest BCUT2D eigenvalue weighted by Gasteiger charge is -2.36. The van der Waals surface area contributed by atoms with Crippen LogP contribution >= 0.6 is 0 Å². The fourth-order valence-electron chi connectivity index (χ4n) is 6.23. The number of ether oxygens (including phenoxy) is 6. The van der Waals surface area contributed by atoms with Crippen molar-refractivity contribution < 1.29 is 38.0 Å². The van der Waals surface area contributed by atoms with Crippen molar-refractivity contribution in [3.8, 4) is 23.0 Å². The molecule has 0 saturated heterocycles. The first kappa shape index (κ1) is 30.4. The van der Waals surface area contributed by atoms with Crippen molar-refractivity contribution in [2.24, 2.45) is 11.5 Å². The Morgan fingerprint density at radius 2 is 1.00 bits per heavy atom. The van der Waals surface area contributed by atoms with Gasteiger partial charge in [0.15, 0.2) is 11.5 Å². The first-order valence-corrected chi connectivity index (χ1v) is 14.9. The molecular formula is C36H34N2O8. The molecule has 46 heavy (non-hydrogen) atoms. The monoisotopic (exact) mass is 622 g/mol. The van der Waals surface area contributed by atoms with Gasteiger partial charge in [0.1, 0.15) is 22.6 Å². The molecule has 4 aromatic carbocycles. The normalized spacial score (nSPS) is 17.0. The van der Waals surface area contributed by atoms with Crippen LogP contribution in [0.25, 0.3) is 10.8 Å². The van der Waals surface area contributed by atoms with Crippen molar-refractivity contribution in [2.75, 3.05) is 27.4 Å². The molecule has 4 aromatic rings. The molecule has 10 heteroatoms. The Kier molecular flexibility index (Phi) is 8.19. The Morgan fingerprint density at radius 1 is 0.630 bits per heavy atom. The van der Waals surface area contributed by atoms with Gasteiger partial charge in [0.2, 0.25) is 11.8 Å². The minimum Gasteiger partial charge on any atom is -0.497 e. The van der Waals surface area contributed by atoms with Crippen molar-refractivity contribution >= 4 is 22.7 Å². The average Bonchev–Trinajstić information content (AvgIpc) is 3.07. The van der Waals surface area contributed by atoms with E-state index in [1.807, 2.05) is 72.8 Å². The van der Waals surface area contributed by atoms with E-state index in [9.17, 15) is 9.59 Å². The largest absolute Gasteiger partial charge is 0.497 e. The van der Waals surface area contributed by atoms with Gasteiger partial charge in [-0.1, -0.05) is 48.5 Å². The number of methoxy groups -OCH3 is 2. The van der Waals surface area contributed by atoms with E-state index in [4.69, 9.17) is 39.9 Å². The molecule has 10 nitrogen and oxygen atoms in total. The Morgan fingerprint density at radius 3 is 1.33 bits per heavy atom. The predicted octanol–water partition coefficient (Wildman–Crippen LogP) is 5.37. The number of carbonyl (C=O) groups excluding carboxylic acids is 2. The number of fused-ring (bicyclic) bond motifs is 6. The molecule has 0 aromatic heterocycles. The smallest absolute Gasteiger partial charge is 0.340 e. The van der Waals surface area contributed by atoms with E-state index in [-0.39, 0.29) is 47.6 Å². The number of hydrogen-bond donors (Lipinski definition) is 2. The summed E-state index contributed by atoms with van der Waals surface area (Å²) >= 11 is 0.